The second-order valence-corrected chi connectivity index (χ2v) is 6.22. The van der Waals surface area contributed by atoms with E-state index < -0.39 is 0 Å². The normalized spacial score (nSPS) is 15.9. The molecule has 1 aromatic carbocycles. The van der Waals surface area contributed by atoms with Crippen LogP contribution in [0.25, 0.3) is 0 Å². The maximum Gasteiger partial charge on any atom is 0.203 e. The number of hydrogen-bond acceptors (Lipinski definition) is 5. The van der Waals surface area contributed by atoms with Gasteiger partial charge in [-0.05, 0) is 12.1 Å². The summed E-state index contributed by atoms with van der Waals surface area (Å²) < 4.78 is 16.6. The van der Waals surface area contributed by atoms with E-state index in [0.717, 1.165) is 5.75 Å². The highest BCUT2D eigenvalue weighted by Gasteiger charge is 2.25. The molecule has 0 bridgehead atoms. The van der Waals surface area contributed by atoms with Crippen LogP contribution < -0.4 is 14.2 Å². The number of thioether (sulfide) groups is 2. The molecule has 1 heterocycles. The highest BCUT2D eigenvalue weighted by Crippen LogP contribution is 2.52. The van der Waals surface area contributed by atoms with Crippen molar-refractivity contribution in [2.75, 3.05) is 32.8 Å². The molecule has 0 spiro atoms. The predicted molar refractivity (Wildman–Crippen MR) is 73.8 cm³/mol. The molecule has 3 nitrogen and oxygen atoms in total. The fraction of sp³-hybridized carbons (Fsp3) is 0.500. The third kappa shape index (κ3) is 2.45. The summed E-state index contributed by atoms with van der Waals surface area (Å²) in [4.78, 5) is 0. The number of rotatable bonds is 4. The third-order valence-corrected chi connectivity index (χ3v) is 5.68. The van der Waals surface area contributed by atoms with E-state index in [2.05, 4.69) is 6.07 Å². The van der Waals surface area contributed by atoms with E-state index in [9.17, 15) is 0 Å². The van der Waals surface area contributed by atoms with Gasteiger partial charge >= 0.3 is 0 Å². The van der Waals surface area contributed by atoms with Gasteiger partial charge in [0.25, 0.3) is 0 Å². The Bertz CT molecular complexity index is 390. The molecule has 1 aliphatic heterocycles. The quantitative estimate of drug-likeness (QED) is 0.839. The predicted octanol–water partition coefficient (Wildman–Crippen LogP) is 3.19. The molecule has 0 radical (unpaired) electrons. The maximum absolute atomic E-state index is 5.49. The Balaban J connectivity index is 2.44. The second kappa shape index (κ2) is 5.78. The molecule has 0 unspecified atom stereocenters. The number of ether oxygens (including phenoxy) is 3. The summed E-state index contributed by atoms with van der Waals surface area (Å²) in [6.07, 6.45) is 0. The van der Waals surface area contributed by atoms with Crippen LogP contribution in [0.15, 0.2) is 12.1 Å². The van der Waals surface area contributed by atoms with Crippen molar-refractivity contribution in [3.05, 3.63) is 17.7 Å². The topological polar surface area (TPSA) is 27.7 Å². The lowest BCUT2D eigenvalue weighted by atomic mass is 10.2. The molecule has 1 aromatic rings. The minimum absolute atomic E-state index is 0.435. The molecule has 0 atom stereocenters. The standard InChI is InChI=1S/C12H16O3S2/c1-13-9-5-4-8(12-16-6-7-17-12)10(14-2)11(9)15-3/h4-5,12H,6-7H2,1-3H3. The van der Waals surface area contributed by atoms with Gasteiger partial charge in [-0.15, -0.1) is 23.5 Å². The van der Waals surface area contributed by atoms with Crippen molar-refractivity contribution in [2.24, 2.45) is 0 Å². The van der Waals surface area contributed by atoms with Crippen molar-refractivity contribution < 1.29 is 14.2 Å². The van der Waals surface area contributed by atoms with E-state index in [1.807, 2.05) is 29.6 Å². The Morgan fingerprint density at radius 1 is 0.941 bits per heavy atom. The molecule has 0 amide bonds. The van der Waals surface area contributed by atoms with Crippen molar-refractivity contribution in [2.45, 2.75) is 4.58 Å². The SMILES string of the molecule is COc1ccc(C2SCCS2)c(OC)c1OC. The largest absolute Gasteiger partial charge is 0.493 e. The van der Waals surface area contributed by atoms with Crippen LogP contribution in [-0.2, 0) is 0 Å². The lowest BCUT2D eigenvalue weighted by molar-refractivity contribution is 0.323. The zero-order valence-corrected chi connectivity index (χ0v) is 11.8. The molecule has 1 aliphatic rings. The average Bonchev–Trinajstić information content (AvgIpc) is 2.90. The Morgan fingerprint density at radius 2 is 1.59 bits per heavy atom. The van der Waals surface area contributed by atoms with Gasteiger partial charge in [-0.2, -0.15) is 0 Å². The van der Waals surface area contributed by atoms with Crippen molar-refractivity contribution in [1.82, 2.24) is 0 Å². The van der Waals surface area contributed by atoms with E-state index in [-0.39, 0.29) is 0 Å². The van der Waals surface area contributed by atoms with Crippen molar-refractivity contribution in [1.29, 1.82) is 0 Å². The first-order valence-electron chi connectivity index (χ1n) is 5.34. The number of benzene rings is 1. The molecule has 0 N–H and O–H groups in total. The smallest absolute Gasteiger partial charge is 0.203 e. The highest BCUT2D eigenvalue weighted by molar-refractivity contribution is 8.19. The minimum Gasteiger partial charge on any atom is -0.493 e. The van der Waals surface area contributed by atoms with Gasteiger partial charge in [0.2, 0.25) is 5.75 Å². The molecule has 2 rings (SSSR count). The number of methoxy groups -OCH3 is 3. The summed E-state index contributed by atoms with van der Waals surface area (Å²) >= 11 is 3.89. The summed E-state index contributed by atoms with van der Waals surface area (Å²) in [5, 5.41) is 0. The molecular formula is C12H16O3S2. The van der Waals surface area contributed by atoms with Crippen LogP contribution in [0.4, 0.5) is 0 Å². The number of hydrogen-bond donors (Lipinski definition) is 0. The molecule has 17 heavy (non-hydrogen) atoms. The van der Waals surface area contributed by atoms with Crippen molar-refractivity contribution in [3.8, 4) is 17.2 Å². The second-order valence-electron chi connectivity index (χ2n) is 3.50. The summed E-state index contributed by atoms with van der Waals surface area (Å²) in [5.41, 5.74) is 1.18. The zero-order valence-electron chi connectivity index (χ0n) is 10.2. The first-order valence-corrected chi connectivity index (χ1v) is 7.43. The summed E-state index contributed by atoms with van der Waals surface area (Å²) in [6, 6.07) is 4.01. The molecule has 94 valence electrons. The van der Waals surface area contributed by atoms with Gasteiger partial charge in [0.1, 0.15) is 0 Å². The Morgan fingerprint density at radius 3 is 2.12 bits per heavy atom. The zero-order chi connectivity index (χ0) is 12.3. The van der Waals surface area contributed by atoms with Gasteiger partial charge in [0.05, 0.1) is 25.9 Å². The molecule has 1 fully saturated rings. The minimum atomic E-state index is 0.435. The van der Waals surface area contributed by atoms with Gasteiger partial charge in [-0.3, -0.25) is 0 Å². The van der Waals surface area contributed by atoms with E-state index in [1.54, 1.807) is 21.3 Å². The van der Waals surface area contributed by atoms with Crippen molar-refractivity contribution >= 4 is 23.5 Å². The monoisotopic (exact) mass is 272 g/mol. The Hall–Kier alpha value is -0.680. The lowest BCUT2D eigenvalue weighted by Gasteiger charge is -2.18. The molecule has 1 saturated heterocycles. The van der Waals surface area contributed by atoms with Gasteiger partial charge in [0.15, 0.2) is 11.5 Å². The molecular weight excluding hydrogens is 256 g/mol. The lowest BCUT2D eigenvalue weighted by Crippen LogP contribution is -1.99. The van der Waals surface area contributed by atoms with Crippen LogP contribution >= 0.6 is 23.5 Å². The van der Waals surface area contributed by atoms with Gasteiger partial charge in [-0.25, -0.2) is 0 Å². The maximum atomic E-state index is 5.49. The van der Waals surface area contributed by atoms with Crippen molar-refractivity contribution in [3.63, 3.8) is 0 Å². The molecule has 5 heteroatoms. The summed E-state index contributed by atoms with van der Waals surface area (Å²) in [7, 11) is 4.94. The van der Waals surface area contributed by atoms with Crippen LogP contribution in [0.5, 0.6) is 17.2 Å². The summed E-state index contributed by atoms with van der Waals surface area (Å²) in [5.74, 6) is 4.56. The van der Waals surface area contributed by atoms with Crippen LogP contribution in [0.2, 0.25) is 0 Å². The first kappa shape index (κ1) is 12.8. The van der Waals surface area contributed by atoms with E-state index >= 15 is 0 Å². The van der Waals surface area contributed by atoms with E-state index in [1.165, 1.54) is 17.1 Å². The Labute approximate surface area is 110 Å². The highest BCUT2D eigenvalue weighted by atomic mass is 32.2. The van der Waals surface area contributed by atoms with E-state index in [0.29, 0.717) is 16.1 Å². The first-order chi connectivity index (χ1) is 8.31. The molecule has 0 aromatic heterocycles. The molecule has 0 saturated carbocycles. The van der Waals surface area contributed by atoms with Gasteiger partial charge in [0, 0.05) is 17.1 Å². The van der Waals surface area contributed by atoms with Crippen LogP contribution in [0, 0.1) is 0 Å². The van der Waals surface area contributed by atoms with Gasteiger partial charge < -0.3 is 14.2 Å². The fourth-order valence-electron chi connectivity index (χ4n) is 1.85. The third-order valence-electron chi connectivity index (χ3n) is 2.61. The summed E-state index contributed by atoms with van der Waals surface area (Å²) in [6.45, 7) is 0. The van der Waals surface area contributed by atoms with Crippen LogP contribution in [0.3, 0.4) is 0 Å². The van der Waals surface area contributed by atoms with Crippen LogP contribution in [-0.4, -0.2) is 32.8 Å². The van der Waals surface area contributed by atoms with Crippen LogP contribution in [0.1, 0.15) is 10.1 Å². The Kier molecular flexibility index (Phi) is 4.34. The molecule has 0 aliphatic carbocycles. The van der Waals surface area contributed by atoms with E-state index in [4.69, 9.17) is 14.2 Å². The van der Waals surface area contributed by atoms with Gasteiger partial charge in [-0.1, -0.05) is 0 Å². The average molecular weight is 272 g/mol. The fourth-order valence-corrected chi connectivity index (χ4v) is 4.74.